The van der Waals surface area contributed by atoms with Crippen LogP contribution in [0.3, 0.4) is 0 Å². The minimum Gasteiger partial charge on any atom is -0.468 e. The quantitative estimate of drug-likeness (QED) is 0.430. The highest BCUT2D eigenvalue weighted by molar-refractivity contribution is 5.77. The molecule has 1 aromatic rings. The Balaban J connectivity index is 2.75. The molecule has 9 nitrogen and oxygen atoms in total. The number of carbonyl (C=O) groups excluding carboxylic acids is 2. The summed E-state index contributed by atoms with van der Waals surface area (Å²) >= 11 is 0. The van der Waals surface area contributed by atoms with Crippen molar-refractivity contribution in [1.29, 1.82) is 0 Å². The molecule has 0 aliphatic heterocycles. The van der Waals surface area contributed by atoms with Crippen molar-refractivity contribution in [2.75, 3.05) is 13.7 Å². The first kappa shape index (κ1) is 21.4. The molecule has 0 fully saturated rings. The molecule has 0 radical (unpaired) electrons. The van der Waals surface area contributed by atoms with Crippen LogP contribution < -0.4 is 10.6 Å². The largest absolute Gasteiger partial charge is 0.468 e. The molecule has 26 heavy (non-hydrogen) atoms. The maximum absolute atomic E-state index is 11.9. The lowest BCUT2D eigenvalue weighted by atomic mass is 10.1. The number of hydrogen-bond donors (Lipinski definition) is 2. The molecular weight excluding hydrogens is 342 g/mol. The Morgan fingerprint density at radius 3 is 2.50 bits per heavy atom. The number of hydrogen-bond acceptors (Lipinski definition) is 7. The van der Waals surface area contributed by atoms with Crippen LogP contribution in [0.5, 0.6) is 0 Å². The first-order valence-corrected chi connectivity index (χ1v) is 8.06. The molecule has 1 amide bonds. The number of rotatable bonds is 7. The summed E-state index contributed by atoms with van der Waals surface area (Å²) < 4.78 is 9.84. The third-order valence-corrected chi connectivity index (χ3v) is 3.49. The Kier molecular flexibility index (Phi) is 7.51. The molecule has 0 aromatic heterocycles. The highest BCUT2D eigenvalue weighted by Crippen LogP contribution is 2.21. The van der Waals surface area contributed by atoms with Crippen molar-refractivity contribution in [3.05, 3.63) is 39.4 Å². The number of nitro benzene ring substituents is 1. The van der Waals surface area contributed by atoms with Gasteiger partial charge in [0.2, 0.25) is 0 Å². The second-order valence-corrected chi connectivity index (χ2v) is 6.66. The van der Waals surface area contributed by atoms with Crippen LogP contribution in [0, 0.1) is 17.0 Å². The van der Waals surface area contributed by atoms with Crippen molar-refractivity contribution in [2.45, 2.75) is 45.9 Å². The average Bonchev–Trinajstić information content (AvgIpc) is 2.53. The van der Waals surface area contributed by atoms with Gasteiger partial charge in [-0.15, -0.1) is 0 Å². The van der Waals surface area contributed by atoms with Crippen LogP contribution in [0.1, 0.15) is 31.9 Å². The molecule has 0 spiro atoms. The van der Waals surface area contributed by atoms with Gasteiger partial charge in [-0.2, -0.15) is 0 Å². The zero-order chi connectivity index (χ0) is 19.9. The summed E-state index contributed by atoms with van der Waals surface area (Å²) in [5.41, 5.74) is 0.531. The molecule has 9 heteroatoms. The van der Waals surface area contributed by atoms with Crippen LogP contribution in [0.15, 0.2) is 18.2 Å². The number of alkyl carbamates (subject to hydrolysis) is 1. The minimum atomic E-state index is -0.828. The van der Waals surface area contributed by atoms with Crippen molar-refractivity contribution < 1.29 is 24.0 Å². The number of carbonyl (C=O) groups is 2. The van der Waals surface area contributed by atoms with Crippen LogP contribution in [0.4, 0.5) is 10.5 Å². The van der Waals surface area contributed by atoms with Crippen molar-refractivity contribution >= 4 is 17.7 Å². The van der Waals surface area contributed by atoms with Crippen LogP contribution in [0.2, 0.25) is 0 Å². The molecule has 0 saturated heterocycles. The summed E-state index contributed by atoms with van der Waals surface area (Å²) in [4.78, 5) is 34.2. The maximum atomic E-state index is 11.9. The first-order valence-electron chi connectivity index (χ1n) is 8.06. The Bertz CT molecular complexity index is 669. The van der Waals surface area contributed by atoms with Gasteiger partial charge < -0.3 is 14.8 Å². The Labute approximate surface area is 152 Å². The fourth-order valence-corrected chi connectivity index (χ4v) is 2.17. The molecule has 0 saturated carbocycles. The van der Waals surface area contributed by atoms with Gasteiger partial charge in [-0.3, -0.25) is 20.2 Å². The number of benzene rings is 1. The van der Waals surface area contributed by atoms with Gasteiger partial charge in [0, 0.05) is 24.7 Å². The Morgan fingerprint density at radius 1 is 1.31 bits per heavy atom. The van der Waals surface area contributed by atoms with Gasteiger partial charge in [0.25, 0.3) is 5.69 Å². The summed E-state index contributed by atoms with van der Waals surface area (Å²) in [6.45, 7) is 6.98. The molecule has 1 unspecified atom stereocenters. The predicted molar refractivity (Wildman–Crippen MR) is 94.7 cm³/mol. The van der Waals surface area contributed by atoms with Crippen molar-refractivity contribution in [3.63, 3.8) is 0 Å². The number of ether oxygens (including phenoxy) is 2. The lowest BCUT2D eigenvalue weighted by Crippen LogP contribution is -2.47. The van der Waals surface area contributed by atoms with E-state index >= 15 is 0 Å². The van der Waals surface area contributed by atoms with E-state index in [1.54, 1.807) is 39.8 Å². The third-order valence-electron chi connectivity index (χ3n) is 3.49. The number of methoxy groups -OCH3 is 1. The van der Waals surface area contributed by atoms with Gasteiger partial charge in [0.1, 0.15) is 11.6 Å². The van der Waals surface area contributed by atoms with E-state index in [0.29, 0.717) is 11.1 Å². The fraction of sp³-hybridized carbons (Fsp3) is 0.529. The molecule has 0 aliphatic rings. The van der Waals surface area contributed by atoms with Gasteiger partial charge in [-0.1, -0.05) is 12.1 Å². The Morgan fingerprint density at radius 2 is 1.96 bits per heavy atom. The van der Waals surface area contributed by atoms with E-state index in [9.17, 15) is 19.7 Å². The normalized spacial score (nSPS) is 12.2. The zero-order valence-corrected chi connectivity index (χ0v) is 15.6. The van der Waals surface area contributed by atoms with Crippen molar-refractivity contribution in [3.8, 4) is 0 Å². The molecule has 0 aliphatic carbocycles. The zero-order valence-electron chi connectivity index (χ0n) is 15.6. The number of nitrogens with one attached hydrogen (secondary N) is 2. The van der Waals surface area contributed by atoms with Crippen LogP contribution in [-0.2, 0) is 20.8 Å². The number of nitrogens with zero attached hydrogens (tertiary/aromatic N) is 1. The van der Waals surface area contributed by atoms with Gasteiger partial charge >= 0.3 is 12.1 Å². The van der Waals surface area contributed by atoms with Crippen LogP contribution >= 0.6 is 0 Å². The molecule has 1 atom stereocenters. The van der Waals surface area contributed by atoms with Crippen LogP contribution in [0.25, 0.3) is 0 Å². The summed E-state index contributed by atoms with van der Waals surface area (Å²) in [5, 5.41) is 16.5. The smallest absolute Gasteiger partial charge is 0.407 e. The molecular formula is C17H25N3O6. The standard InChI is InChI=1S/C17H25N3O6/c1-11-12(7-6-8-14(11)20(23)24)9-18-13(15(21)25-5)10-19-16(22)26-17(2,3)4/h6-8,13,18H,9-10H2,1-5H3,(H,19,22). The lowest BCUT2D eigenvalue weighted by molar-refractivity contribution is -0.385. The summed E-state index contributed by atoms with van der Waals surface area (Å²) in [6, 6.07) is 3.89. The van der Waals surface area contributed by atoms with Gasteiger partial charge in [0.15, 0.2) is 0 Å². The highest BCUT2D eigenvalue weighted by Gasteiger charge is 2.23. The SMILES string of the molecule is COC(=O)C(CNC(=O)OC(C)(C)C)NCc1cccc([N+](=O)[O-])c1C. The van der Waals surface area contributed by atoms with E-state index in [1.165, 1.54) is 13.2 Å². The molecule has 0 bridgehead atoms. The fourth-order valence-electron chi connectivity index (χ4n) is 2.17. The molecule has 144 valence electrons. The van der Waals surface area contributed by atoms with E-state index in [-0.39, 0.29) is 18.8 Å². The average molecular weight is 367 g/mol. The highest BCUT2D eigenvalue weighted by atomic mass is 16.6. The molecule has 0 heterocycles. The topological polar surface area (TPSA) is 120 Å². The van der Waals surface area contributed by atoms with Gasteiger partial charge in [-0.25, -0.2) is 4.79 Å². The summed E-state index contributed by atoms with van der Waals surface area (Å²) in [7, 11) is 1.24. The molecule has 1 aromatic carbocycles. The summed E-state index contributed by atoms with van der Waals surface area (Å²) in [6.07, 6.45) is -0.653. The van der Waals surface area contributed by atoms with E-state index in [2.05, 4.69) is 10.6 Å². The second-order valence-electron chi connectivity index (χ2n) is 6.66. The number of nitro groups is 1. The predicted octanol–water partition coefficient (Wildman–Crippen LogP) is 2.06. The lowest BCUT2D eigenvalue weighted by Gasteiger charge is -2.22. The third kappa shape index (κ3) is 6.67. The van der Waals surface area contributed by atoms with E-state index in [1.807, 2.05) is 0 Å². The van der Waals surface area contributed by atoms with E-state index < -0.39 is 28.6 Å². The molecule has 2 N–H and O–H groups in total. The molecule has 1 rings (SSSR count). The van der Waals surface area contributed by atoms with E-state index in [0.717, 1.165) is 0 Å². The Hall–Kier alpha value is -2.68. The number of esters is 1. The van der Waals surface area contributed by atoms with Crippen molar-refractivity contribution in [1.82, 2.24) is 10.6 Å². The number of amides is 1. The summed E-state index contributed by atoms with van der Waals surface area (Å²) in [5.74, 6) is -0.566. The van der Waals surface area contributed by atoms with Crippen LogP contribution in [-0.4, -0.2) is 42.3 Å². The van der Waals surface area contributed by atoms with Gasteiger partial charge in [-0.05, 0) is 33.3 Å². The monoisotopic (exact) mass is 367 g/mol. The first-order chi connectivity index (χ1) is 12.0. The van der Waals surface area contributed by atoms with E-state index in [4.69, 9.17) is 9.47 Å². The minimum absolute atomic E-state index is 0.00537. The van der Waals surface area contributed by atoms with Gasteiger partial charge in [0.05, 0.1) is 12.0 Å². The second kappa shape index (κ2) is 9.14. The maximum Gasteiger partial charge on any atom is 0.407 e. The van der Waals surface area contributed by atoms with Crippen molar-refractivity contribution in [2.24, 2.45) is 0 Å².